The van der Waals surface area contributed by atoms with Crippen LogP contribution in [-0.4, -0.2) is 17.9 Å². The number of hydrogen-bond donors (Lipinski definition) is 1. The molecule has 0 bridgehead atoms. The molecule has 6 nitrogen and oxygen atoms in total. The summed E-state index contributed by atoms with van der Waals surface area (Å²) >= 11 is 0. The van der Waals surface area contributed by atoms with Crippen molar-refractivity contribution in [3.05, 3.63) is 63.7 Å². The molecule has 0 atom stereocenters. The summed E-state index contributed by atoms with van der Waals surface area (Å²) in [6.45, 7) is 0. The molecule has 0 radical (unpaired) electrons. The zero-order valence-electron chi connectivity index (χ0n) is 11.3. The third kappa shape index (κ3) is 3.17. The molecule has 114 valence electrons. The first-order valence-electron chi connectivity index (χ1n) is 6.01. The number of benzene rings is 2. The maximum Gasteiger partial charge on any atom is 0.271 e. The van der Waals surface area contributed by atoms with E-state index in [1.807, 2.05) is 0 Å². The van der Waals surface area contributed by atoms with Crippen molar-refractivity contribution < 1.29 is 23.2 Å². The van der Waals surface area contributed by atoms with Crippen LogP contribution in [0.1, 0.15) is 10.4 Å². The minimum atomic E-state index is -0.852. The van der Waals surface area contributed by atoms with Crippen LogP contribution in [0.4, 0.5) is 20.2 Å². The van der Waals surface area contributed by atoms with Gasteiger partial charge in [-0.1, -0.05) is 0 Å². The Balaban J connectivity index is 2.35. The van der Waals surface area contributed by atoms with Gasteiger partial charge in [0.15, 0.2) is 0 Å². The molecule has 0 aliphatic carbocycles. The van der Waals surface area contributed by atoms with E-state index in [0.717, 1.165) is 30.3 Å². The van der Waals surface area contributed by atoms with Crippen molar-refractivity contribution in [1.82, 2.24) is 0 Å². The van der Waals surface area contributed by atoms with E-state index in [-0.39, 0.29) is 22.7 Å². The van der Waals surface area contributed by atoms with E-state index in [9.17, 15) is 23.7 Å². The van der Waals surface area contributed by atoms with E-state index in [0.29, 0.717) is 0 Å². The van der Waals surface area contributed by atoms with Crippen molar-refractivity contribution in [2.24, 2.45) is 0 Å². The van der Waals surface area contributed by atoms with Crippen LogP contribution in [0.2, 0.25) is 0 Å². The molecule has 0 spiro atoms. The molecule has 0 saturated heterocycles. The lowest BCUT2D eigenvalue weighted by atomic mass is 10.1. The molecule has 0 aliphatic heterocycles. The number of anilines is 1. The molecule has 2 aromatic carbocycles. The number of nitro benzene ring substituents is 1. The Hall–Kier alpha value is -3.03. The summed E-state index contributed by atoms with van der Waals surface area (Å²) in [5, 5.41) is 12.8. The maximum atomic E-state index is 13.6. The van der Waals surface area contributed by atoms with Crippen LogP contribution in [0.15, 0.2) is 36.4 Å². The minimum absolute atomic E-state index is 0.0877. The van der Waals surface area contributed by atoms with Gasteiger partial charge >= 0.3 is 0 Å². The van der Waals surface area contributed by atoms with Gasteiger partial charge in [0.05, 0.1) is 23.3 Å². The number of carbonyl (C=O) groups excluding carboxylic acids is 1. The molecule has 22 heavy (non-hydrogen) atoms. The summed E-state index contributed by atoms with van der Waals surface area (Å²) in [5.41, 5.74) is -0.929. The second-order valence-electron chi connectivity index (χ2n) is 4.22. The fourth-order valence-corrected chi connectivity index (χ4v) is 1.77. The molecule has 0 fully saturated rings. The third-order valence-electron chi connectivity index (χ3n) is 2.82. The third-order valence-corrected chi connectivity index (χ3v) is 2.82. The Kier molecular flexibility index (Phi) is 4.31. The molecular weight excluding hydrogens is 298 g/mol. The molecule has 0 unspecified atom stereocenters. The standard InChI is InChI=1S/C14H10F2N2O4/c1-22-13-5-2-8(15)6-10(13)14(19)17-12-7-9(18(20)21)3-4-11(12)16/h2-7H,1H3,(H,17,19). The SMILES string of the molecule is COc1ccc(F)cc1C(=O)Nc1cc([N+](=O)[O-])ccc1F. The number of nitrogens with one attached hydrogen (secondary N) is 1. The highest BCUT2D eigenvalue weighted by atomic mass is 19.1. The van der Waals surface area contributed by atoms with Crippen LogP contribution in [0.3, 0.4) is 0 Å². The van der Waals surface area contributed by atoms with E-state index in [4.69, 9.17) is 4.74 Å². The Bertz CT molecular complexity index is 750. The van der Waals surface area contributed by atoms with Crippen molar-refractivity contribution in [3.63, 3.8) is 0 Å². The molecule has 1 N–H and O–H groups in total. The molecule has 1 amide bonds. The number of nitrogens with zero attached hydrogens (tertiary/aromatic N) is 1. The number of nitro groups is 1. The predicted octanol–water partition coefficient (Wildman–Crippen LogP) is 3.13. The number of ether oxygens (including phenoxy) is 1. The molecular formula is C14H10F2N2O4. The van der Waals surface area contributed by atoms with Crippen LogP contribution in [-0.2, 0) is 0 Å². The second kappa shape index (κ2) is 6.17. The normalized spacial score (nSPS) is 10.1. The summed E-state index contributed by atoms with van der Waals surface area (Å²) < 4.78 is 31.8. The van der Waals surface area contributed by atoms with Crippen LogP contribution in [0.25, 0.3) is 0 Å². The van der Waals surface area contributed by atoms with Crippen molar-refractivity contribution in [2.75, 3.05) is 12.4 Å². The fourth-order valence-electron chi connectivity index (χ4n) is 1.77. The van der Waals surface area contributed by atoms with Crippen LogP contribution < -0.4 is 10.1 Å². The first kappa shape index (κ1) is 15.4. The number of amides is 1. The van der Waals surface area contributed by atoms with Gasteiger partial charge in [-0.05, 0) is 24.3 Å². The predicted molar refractivity (Wildman–Crippen MR) is 74.0 cm³/mol. The van der Waals surface area contributed by atoms with Crippen LogP contribution in [0.5, 0.6) is 5.75 Å². The van der Waals surface area contributed by atoms with Crippen molar-refractivity contribution in [3.8, 4) is 5.75 Å². The highest BCUT2D eigenvalue weighted by molar-refractivity contribution is 6.06. The molecule has 8 heteroatoms. The van der Waals surface area contributed by atoms with Gasteiger partial charge in [0.25, 0.3) is 11.6 Å². The van der Waals surface area contributed by atoms with Gasteiger partial charge in [0.2, 0.25) is 0 Å². The van der Waals surface area contributed by atoms with Crippen molar-refractivity contribution >= 4 is 17.3 Å². The Morgan fingerprint density at radius 3 is 2.59 bits per heavy atom. The lowest BCUT2D eigenvalue weighted by Crippen LogP contribution is -2.14. The van der Waals surface area contributed by atoms with Crippen molar-refractivity contribution in [1.29, 1.82) is 0 Å². The lowest BCUT2D eigenvalue weighted by Gasteiger charge is -2.10. The van der Waals surface area contributed by atoms with Gasteiger partial charge in [-0.15, -0.1) is 0 Å². The summed E-state index contributed by atoms with van der Waals surface area (Å²) in [5.74, 6) is -2.29. The van der Waals surface area contributed by atoms with E-state index < -0.39 is 22.5 Å². The molecule has 2 aromatic rings. The smallest absolute Gasteiger partial charge is 0.271 e. The molecule has 2 rings (SSSR count). The highest BCUT2D eigenvalue weighted by Gasteiger charge is 2.17. The average Bonchev–Trinajstić information content (AvgIpc) is 2.49. The Morgan fingerprint density at radius 2 is 1.95 bits per heavy atom. The van der Waals surface area contributed by atoms with Gasteiger partial charge in [-0.2, -0.15) is 0 Å². The number of halogens is 2. The molecule has 0 heterocycles. The topological polar surface area (TPSA) is 81.5 Å². The van der Waals surface area contributed by atoms with Gasteiger partial charge in [-0.25, -0.2) is 8.78 Å². The Labute approximate surface area is 123 Å². The summed E-state index contributed by atoms with van der Waals surface area (Å²) in [6, 6.07) is 5.96. The minimum Gasteiger partial charge on any atom is -0.496 e. The number of rotatable bonds is 4. The van der Waals surface area contributed by atoms with E-state index in [1.54, 1.807) is 0 Å². The van der Waals surface area contributed by atoms with Gasteiger partial charge < -0.3 is 10.1 Å². The monoisotopic (exact) mass is 308 g/mol. The summed E-state index contributed by atoms with van der Waals surface area (Å²) in [6.07, 6.45) is 0. The molecule has 0 saturated carbocycles. The Morgan fingerprint density at radius 1 is 1.23 bits per heavy atom. The van der Waals surface area contributed by atoms with Crippen LogP contribution in [0, 0.1) is 21.7 Å². The summed E-state index contributed by atoms with van der Waals surface area (Å²) in [4.78, 5) is 22.0. The zero-order chi connectivity index (χ0) is 16.3. The zero-order valence-corrected chi connectivity index (χ0v) is 11.3. The highest BCUT2D eigenvalue weighted by Crippen LogP contribution is 2.24. The maximum absolute atomic E-state index is 13.6. The number of non-ortho nitro benzene ring substituents is 1. The first-order chi connectivity index (χ1) is 10.4. The van der Waals surface area contributed by atoms with E-state index in [1.165, 1.54) is 13.2 Å². The first-order valence-corrected chi connectivity index (χ1v) is 6.01. The lowest BCUT2D eigenvalue weighted by molar-refractivity contribution is -0.384. The van der Waals surface area contributed by atoms with E-state index in [2.05, 4.69) is 5.32 Å². The second-order valence-corrected chi connectivity index (χ2v) is 4.22. The quantitative estimate of drug-likeness (QED) is 0.695. The van der Waals surface area contributed by atoms with Crippen LogP contribution >= 0.6 is 0 Å². The molecule has 0 aromatic heterocycles. The van der Waals surface area contributed by atoms with E-state index >= 15 is 0 Å². The summed E-state index contributed by atoms with van der Waals surface area (Å²) in [7, 11) is 1.29. The molecule has 0 aliphatic rings. The van der Waals surface area contributed by atoms with Crippen molar-refractivity contribution in [2.45, 2.75) is 0 Å². The average molecular weight is 308 g/mol. The number of methoxy groups -OCH3 is 1. The largest absolute Gasteiger partial charge is 0.496 e. The number of carbonyl (C=O) groups is 1. The van der Waals surface area contributed by atoms with Gasteiger partial charge in [0, 0.05) is 12.1 Å². The number of hydrogen-bond acceptors (Lipinski definition) is 4. The fraction of sp³-hybridized carbons (Fsp3) is 0.0714. The van der Waals surface area contributed by atoms with Gasteiger partial charge in [-0.3, -0.25) is 14.9 Å². The van der Waals surface area contributed by atoms with Gasteiger partial charge in [0.1, 0.15) is 17.4 Å².